The number of rotatable bonds is 5. The third-order valence-corrected chi connectivity index (χ3v) is 4.87. The maximum Gasteiger partial charge on any atom is 0.225 e. The largest absolute Gasteiger partial charge is 0.369 e. The number of hydrogen-bond donors (Lipinski definition) is 1. The van der Waals surface area contributed by atoms with Gasteiger partial charge in [-0.15, -0.1) is 0 Å². The van der Waals surface area contributed by atoms with Crippen molar-refractivity contribution in [3.63, 3.8) is 0 Å². The van der Waals surface area contributed by atoms with Crippen LogP contribution in [0.25, 0.3) is 11.1 Å². The number of benzene rings is 3. The summed E-state index contributed by atoms with van der Waals surface area (Å²) in [7, 11) is 0. The average molecular weight is 329 g/mol. The van der Waals surface area contributed by atoms with Crippen molar-refractivity contribution in [2.24, 2.45) is 5.73 Å². The van der Waals surface area contributed by atoms with Crippen LogP contribution in [-0.2, 0) is 11.2 Å². The van der Waals surface area contributed by atoms with E-state index in [2.05, 4.69) is 56.3 Å². The zero-order valence-corrected chi connectivity index (χ0v) is 14.7. The van der Waals surface area contributed by atoms with Gasteiger partial charge in [0.1, 0.15) is 0 Å². The second kappa shape index (κ2) is 7.35. The predicted octanol–water partition coefficient (Wildman–Crippen LogP) is 4.78. The van der Waals surface area contributed by atoms with E-state index in [1.165, 1.54) is 16.7 Å². The molecule has 0 aliphatic rings. The molecule has 1 unspecified atom stereocenters. The SMILES string of the molecule is Cc1cccc(C(Cc2ccc(-c3ccccc3)cc2)C(N)=O)c1C. The normalized spacial score (nSPS) is 11.9. The molecule has 0 saturated heterocycles. The molecule has 1 atom stereocenters. The molecule has 0 fully saturated rings. The van der Waals surface area contributed by atoms with Gasteiger partial charge in [-0.3, -0.25) is 4.79 Å². The van der Waals surface area contributed by atoms with Crippen molar-refractivity contribution in [1.29, 1.82) is 0 Å². The lowest BCUT2D eigenvalue weighted by atomic mass is 9.87. The summed E-state index contributed by atoms with van der Waals surface area (Å²) >= 11 is 0. The highest BCUT2D eigenvalue weighted by Gasteiger charge is 2.20. The highest BCUT2D eigenvalue weighted by molar-refractivity contribution is 5.83. The monoisotopic (exact) mass is 329 g/mol. The molecule has 3 aromatic rings. The first-order chi connectivity index (χ1) is 12.1. The lowest BCUT2D eigenvalue weighted by Crippen LogP contribution is -2.24. The molecule has 2 heteroatoms. The highest BCUT2D eigenvalue weighted by Crippen LogP contribution is 2.27. The number of amides is 1. The van der Waals surface area contributed by atoms with Crippen molar-refractivity contribution in [1.82, 2.24) is 0 Å². The molecule has 2 N–H and O–H groups in total. The van der Waals surface area contributed by atoms with Gasteiger partial charge in [0, 0.05) is 0 Å². The van der Waals surface area contributed by atoms with Crippen molar-refractivity contribution < 1.29 is 4.79 Å². The zero-order valence-electron chi connectivity index (χ0n) is 14.7. The minimum Gasteiger partial charge on any atom is -0.369 e. The fourth-order valence-electron chi connectivity index (χ4n) is 3.21. The topological polar surface area (TPSA) is 43.1 Å². The van der Waals surface area contributed by atoms with E-state index in [-0.39, 0.29) is 11.8 Å². The van der Waals surface area contributed by atoms with Gasteiger partial charge < -0.3 is 5.73 Å². The van der Waals surface area contributed by atoms with E-state index in [4.69, 9.17) is 5.73 Å². The van der Waals surface area contributed by atoms with Gasteiger partial charge in [-0.2, -0.15) is 0 Å². The lowest BCUT2D eigenvalue weighted by molar-refractivity contribution is -0.119. The van der Waals surface area contributed by atoms with Crippen LogP contribution in [0.1, 0.15) is 28.2 Å². The van der Waals surface area contributed by atoms with Crippen LogP contribution in [0.15, 0.2) is 72.8 Å². The number of hydrogen-bond acceptors (Lipinski definition) is 1. The second-order valence-corrected chi connectivity index (χ2v) is 6.51. The molecule has 0 aliphatic heterocycles. The lowest BCUT2D eigenvalue weighted by Gasteiger charge is -2.18. The molecule has 0 heterocycles. The average Bonchev–Trinajstić information content (AvgIpc) is 2.63. The van der Waals surface area contributed by atoms with Gasteiger partial charge >= 0.3 is 0 Å². The molecule has 0 bridgehead atoms. The van der Waals surface area contributed by atoms with E-state index >= 15 is 0 Å². The number of carbonyl (C=O) groups is 1. The predicted molar refractivity (Wildman–Crippen MR) is 103 cm³/mol. The van der Waals surface area contributed by atoms with Crippen LogP contribution in [0.2, 0.25) is 0 Å². The van der Waals surface area contributed by atoms with Crippen LogP contribution in [-0.4, -0.2) is 5.91 Å². The minimum atomic E-state index is -0.303. The van der Waals surface area contributed by atoms with Crippen LogP contribution in [0.5, 0.6) is 0 Å². The second-order valence-electron chi connectivity index (χ2n) is 6.51. The molecular weight excluding hydrogens is 306 g/mol. The van der Waals surface area contributed by atoms with E-state index in [0.29, 0.717) is 6.42 Å². The Hall–Kier alpha value is -2.87. The Kier molecular flexibility index (Phi) is 4.99. The molecule has 0 spiro atoms. The standard InChI is InChI=1S/C23H23NO/c1-16-7-6-10-21(17(16)2)22(23(24)25)15-18-11-13-20(14-12-18)19-8-4-3-5-9-19/h3-14,22H,15H2,1-2H3,(H2,24,25). The maximum absolute atomic E-state index is 12.1. The fourth-order valence-corrected chi connectivity index (χ4v) is 3.21. The Bertz CT molecular complexity index is 866. The maximum atomic E-state index is 12.1. The van der Waals surface area contributed by atoms with E-state index < -0.39 is 0 Å². The molecular formula is C23H23NO. The van der Waals surface area contributed by atoms with Crippen LogP contribution >= 0.6 is 0 Å². The molecule has 0 saturated carbocycles. The highest BCUT2D eigenvalue weighted by atomic mass is 16.1. The summed E-state index contributed by atoms with van der Waals surface area (Å²) in [5.74, 6) is -0.580. The summed E-state index contributed by atoms with van der Waals surface area (Å²) in [6.07, 6.45) is 0.620. The van der Waals surface area contributed by atoms with Crippen molar-refractivity contribution in [3.05, 3.63) is 95.1 Å². The van der Waals surface area contributed by atoms with Crippen LogP contribution in [0, 0.1) is 13.8 Å². The molecule has 25 heavy (non-hydrogen) atoms. The van der Waals surface area contributed by atoms with Crippen molar-refractivity contribution in [3.8, 4) is 11.1 Å². The Balaban J connectivity index is 1.86. The van der Waals surface area contributed by atoms with E-state index in [9.17, 15) is 4.79 Å². The summed E-state index contributed by atoms with van der Waals surface area (Å²) in [5.41, 5.74) is 12.6. The van der Waals surface area contributed by atoms with Gasteiger partial charge in [0.25, 0.3) is 0 Å². The van der Waals surface area contributed by atoms with E-state index in [1.807, 2.05) is 30.3 Å². The first kappa shape index (κ1) is 17.0. The Morgan fingerprint density at radius 2 is 1.48 bits per heavy atom. The van der Waals surface area contributed by atoms with E-state index in [1.54, 1.807) is 0 Å². The minimum absolute atomic E-state index is 0.277. The third-order valence-electron chi connectivity index (χ3n) is 4.87. The smallest absolute Gasteiger partial charge is 0.225 e. The quantitative estimate of drug-likeness (QED) is 0.719. The summed E-state index contributed by atoms with van der Waals surface area (Å²) in [6.45, 7) is 4.12. The Morgan fingerprint density at radius 1 is 0.840 bits per heavy atom. The fraction of sp³-hybridized carbons (Fsp3) is 0.174. The first-order valence-electron chi connectivity index (χ1n) is 8.56. The van der Waals surface area contributed by atoms with Crippen molar-refractivity contribution in [2.75, 3.05) is 0 Å². The number of primary amides is 1. The molecule has 3 rings (SSSR count). The Morgan fingerprint density at radius 3 is 2.12 bits per heavy atom. The zero-order chi connectivity index (χ0) is 17.8. The first-order valence-corrected chi connectivity index (χ1v) is 8.56. The summed E-state index contributed by atoms with van der Waals surface area (Å²) in [4.78, 5) is 12.1. The Labute approximate surface area is 149 Å². The summed E-state index contributed by atoms with van der Waals surface area (Å²) < 4.78 is 0. The molecule has 0 aliphatic carbocycles. The number of nitrogens with two attached hydrogens (primary N) is 1. The number of aryl methyl sites for hydroxylation is 1. The van der Waals surface area contributed by atoms with Gasteiger partial charge in [-0.25, -0.2) is 0 Å². The molecule has 0 radical (unpaired) electrons. The molecule has 126 valence electrons. The molecule has 0 aromatic heterocycles. The molecule has 3 aromatic carbocycles. The molecule has 1 amide bonds. The number of carbonyl (C=O) groups excluding carboxylic acids is 1. The van der Waals surface area contributed by atoms with Gasteiger partial charge in [-0.1, -0.05) is 72.8 Å². The van der Waals surface area contributed by atoms with Crippen LogP contribution < -0.4 is 5.73 Å². The third kappa shape index (κ3) is 3.80. The summed E-state index contributed by atoms with van der Waals surface area (Å²) in [6, 6.07) is 24.7. The van der Waals surface area contributed by atoms with Crippen LogP contribution in [0.3, 0.4) is 0 Å². The summed E-state index contributed by atoms with van der Waals surface area (Å²) in [5, 5.41) is 0. The van der Waals surface area contributed by atoms with Crippen LogP contribution in [0.4, 0.5) is 0 Å². The van der Waals surface area contributed by atoms with Gasteiger partial charge in [-0.05, 0) is 53.6 Å². The van der Waals surface area contributed by atoms with Crippen molar-refractivity contribution >= 4 is 5.91 Å². The van der Waals surface area contributed by atoms with Gasteiger partial charge in [0.2, 0.25) is 5.91 Å². The van der Waals surface area contributed by atoms with Gasteiger partial charge in [0.15, 0.2) is 0 Å². The van der Waals surface area contributed by atoms with Gasteiger partial charge in [0.05, 0.1) is 5.92 Å². The van der Waals surface area contributed by atoms with Crippen molar-refractivity contribution in [2.45, 2.75) is 26.2 Å². The van der Waals surface area contributed by atoms with E-state index in [0.717, 1.165) is 16.7 Å². The molecule has 2 nitrogen and oxygen atoms in total.